The van der Waals surface area contributed by atoms with E-state index in [0.717, 1.165) is 12.8 Å². The summed E-state index contributed by atoms with van der Waals surface area (Å²) in [6.45, 7) is 4.62. The summed E-state index contributed by atoms with van der Waals surface area (Å²) >= 11 is 0. The van der Waals surface area contributed by atoms with Gasteiger partial charge in [-0.25, -0.2) is 9.59 Å². The molecule has 2 aliphatic heterocycles. The highest BCUT2D eigenvalue weighted by atomic mass is 16.7. The van der Waals surface area contributed by atoms with E-state index in [4.69, 9.17) is 14.3 Å². The molecule has 1 fully saturated rings. The van der Waals surface area contributed by atoms with Crippen LogP contribution in [0.2, 0.25) is 0 Å². The Kier molecular flexibility index (Phi) is 4.24. The molecule has 1 amide bonds. The molecule has 106 valence electrons. The van der Waals surface area contributed by atoms with Crippen molar-refractivity contribution in [2.75, 3.05) is 19.8 Å². The smallest absolute Gasteiger partial charge is 0.412 e. The minimum atomic E-state index is -0.549. The van der Waals surface area contributed by atoms with Gasteiger partial charge in [0.25, 0.3) is 0 Å². The highest BCUT2D eigenvalue weighted by Gasteiger charge is 2.46. The number of hydrogen-bond acceptors (Lipinski definition) is 6. The van der Waals surface area contributed by atoms with Crippen molar-refractivity contribution >= 4 is 17.8 Å². The van der Waals surface area contributed by atoms with Crippen molar-refractivity contribution in [3.05, 3.63) is 0 Å². The Hall–Kier alpha value is -1.79. The number of nitrogens with zero attached hydrogens (tertiary/aromatic N) is 2. The van der Waals surface area contributed by atoms with Crippen LogP contribution in [-0.2, 0) is 19.1 Å². The van der Waals surface area contributed by atoms with Gasteiger partial charge in [0, 0.05) is 6.54 Å². The number of oxime groups is 1. The fraction of sp³-hybridized carbons (Fsp3) is 0.750. The van der Waals surface area contributed by atoms with Crippen LogP contribution in [0, 0.1) is 5.92 Å². The summed E-state index contributed by atoms with van der Waals surface area (Å²) < 4.78 is 9.91. The van der Waals surface area contributed by atoms with E-state index in [1.165, 1.54) is 4.90 Å². The van der Waals surface area contributed by atoms with Crippen molar-refractivity contribution in [3.63, 3.8) is 0 Å². The fourth-order valence-electron chi connectivity index (χ4n) is 2.34. The van der Waals surface area contributed by atoms with E-state index in [0.29, 0.717) is 13.2 Å². The van der Waals surface area contributed by atoms with Crippen LogP contribution >= 0.6 is 0 Å². The van der Waals surface area contributed by atoms with Crippen LogP contribution in [0.3, 0.4) is 0 Å². The zero-order valence-electron chi connectivity index (χ0n) is 11.1. The molecule has 2 rings (SSSR count). The van der Waals surface area contributed by atoms with Gasteiger partial charge < -0.3 is 14.3 Å². The van der Waals surface area contributed by atoms with Crippen molar-refractivity contribution < 1.29 is 23.9 Å². The molecule has 1 saturated heterocycles. The van der Waals surface area contributed by atoms with Gasteiger partial charge in [-0.05, 0) is 26.7 Å². The Morgan fingerprint density at radius 2 is 2.11 bits per heavy atom. The van der Waals surface area contributed by atoms with Gasteiger partial charge >= 0.3 is 12.1 Å². The summed E-state index contributed by atoms with van der Waals surface area (Å²) in [4.78, 5) is 30.2. The molecule has 7 heteroatoms. The fourth-order valence-corrected chi connectivity index (χ4v) is 2.34. The number of ether oxygens (including phenoxy) is 2. The number of hydrogen-bond donors (Lipinski definition) is 0. The number of rotatable bonds is 3. The normalized spacial score (nSPS) is 25.2. The Bertz CT molecular complexity index is 396. The van der Waals surface area contributed by atoms with Gasteiger partial charge in [-0.15, -0.1) is 0 Å². The predicted molar refractivity (Wildman–Crippen MR) is 65.4 cm³/mol. The first-order valence-electron chi connectivity index (χ1n) is 6.53. The van der Waals surface area contributed by atoms with Gasteiger partial charge in [0.15, 0.2) is 5.71 Å². The number of esters is 1. The topological polar surface area (TPSA) is 77.4 Å². The van der Waals surface area contributed by atoms with Crippen LogP contribution in [0.25, 0.3) is 0 Å². The van der Waals surface area contributed by atoms with E-state index in [1.807, 2.05) is 0 Å². The maximum Gasteiger partial charge on any atom is 0.412 e. The standard InChI is InChI=1S/C12H18N2O5/c1-3-17-11(15)9-8-6-5-7-14(10(8)19-13-9)12(16)18-4-2/h8,10H,3-7H2,1-2H3/t8-,10+/m0/s1. The van der Waals surface area contributed by atoms with E-state index in [1.54, 1.807) is 13.8 Å². The predicted octanol–water partition coefficient (Wildman–Crippen LogP) is 1.13. The highest BCUT2D eigenvalue weighted by molar-refractivity contribution is 6.37. The molecule has 19 heavy (non-hydrogen) atoms. The first-order valence-corrected chi connectivity index (χ1v) is 6.53. The lowest BCUT2D eigenvalue weighted by Gasteiger charge is -2.34. The minimum Gasteiger partial charge on any atom is -0.461 e. The lowest BCUT2D eigenvalue weighted by molar-refractivity contribution is -0.135. The summed E-state index contributed by atoms with van der Waals surface area (Å²) in [6.07, 6.45) is 0.546. The minimum absolute atomic E-state index is 0.225. The van der Waals surface area contributed by atoms with Gasteiger partial charge in [0.05, 0.1) is 19.1 Å². The first-order chi connectivity index (χ1) is 9.19. The van der Waals surface area contributed by atoms with Crippen molar-refractivity contribution in [1.29, 1.82) is 0 Å². The average Bonchev–Trinajstić information content (AvgIpc) is 2.82. The summed E-state index contributed by atoms with van der Waals surface area (Å²) in [6, 6.07) is 0. The van der Waals surface area contributed by atoms with E-state index in [9.17, 15) is 9.59 Å². The molecule has 0 unspecified atom stereocenters. The molecule has 0 aliphatic carbocycles. The Morgan fingerprint density at radius 1 is 1.37 bits per heavy atom. The Labute approximate surface area is 111 Å². The lowest BCUT2D eigenvalue weighted by atomic mass is 9.92. The summed E-state index contributed by atoms with van der Waals surface area (Å²) in [5, 5.41) is 3.78. The molecule has 0 aromatic carbocycles. The van der Waals surface area contributed by atoms with E-state index >= 15 is 0 Å². The maximum atomic E-state index is 11.8. The number of likely N-dealkylation sites (tertiary alicyclic amines) is 1. The van der Waals surface area contributed by atoms with E-state index in [-0.39, 0.29) is 18.2 Å². The van der Waals surface area contributed by atoms with E-state index < -0.39 is 18.3 Å². The third-order valence-corrected chi connectivity index (χ3v) is 3.16. The SMILES string of the molecule is CCOC(=O)C1=NO[C@@H]2[C@H]1CCCN2C(=O)OCC. The zero-order chi connectivity index (χ0) is 13.8. The third kappa shape index (κ3) is 2.64. The van der Waals surface area contributed by atoms with Crippen LogP contribution in [0.15, 0.2) is 5.16 Å². The van der Waals surface area contributed by atoms with Crippen molar-refractivity contribution in [3.8, 4) is 0 Å². The number of amides is 1. The van der Waals surface area contributed by atoms with Crippen LogP contribution in [0.4, 0.5) is 4.79 Å². The maximum absolute atomic E-state index is 11.8. The molecule has 0 aromatic heterocycles. The quantitative estimate of drug-likeness (QED) is 0.718. The molecule has 0 N–H and O–H groups in total. The molecule has 2 heterocycles. The number of carbonyl (C=O) groups excluding carboxylic acids is 2. The van der Waals surface area contributed by atoms with Crippen LogP contribution in [0.1, 0.15) is 26.7 Å². The lowest BCUT2D eigenvalue weighted by Crippen LogP contribution is -2.50. The summed E-state index contributed by atoms with van der Waals surface area (Å²) in [5.41, 5.74) is 0.265. The largest absolute Gasteiger partial charge is 0.461 e. The van der Waals surface area contributed by atoms with Gasteiger partial charge in [-0.1, -0.05) is 5.16 Å². The average molecular weight is 270 g/mol. The second-order valence-electron chi connectivity index (χ2n) is 4.33. The van der Waals surface area contributed by atoms with Crippen LogP contribution in [-0.4, -0.2) is 48.7 Å². The number of fused-ring (bicyclic) bond motifs is 1. The van der Waals surface area contributed by atoms with Crippen molar-refractivity contribution in [2.45, 2.75) is 32.9 Å². The van der Waals surface area contributed by atoms with Gasteiger partial charge in [0.2, 0.25) is 6.23 Å². The summed E-state index contributed by atoms with van der Waals surface area (Å²) in [7, 11) is 0. The highest BCUT2D eigenvalue weighted by Crippen LogP contribution is 2.31. The van der Waals surface area contributed by atoms with Crippen molar-refractivity contribution in [2.24, 2.45) is 11.1 Å². The summed E-state index contributed by atoms with van der Waals surface area (Å²) in [5.74, 6) is -0.696. The van der Waals surface area contributed by atoms with Crippen LogP contribution in [0.5, 0.6) is 0 Å². The number of piperidine rings is 1. The molecule has 0 spiro atoms. The van der Waals surface area contributed by atoms with Gasteiger partial charge in [0.1, 0.15) is 0 Å². The molecule has 2 atom stereocenters. The third-order valence-electron chi connectivity index (χ3n) is 3.16. The van der Waals surface area contributed by atoms with E-state index in [2.05, 4.69) is 5.16 Å². The zero-order valence-corrected chi connectivity index (χ0v) is 11.1. The first kappa shape index (κ1) is 13.6. The molecule has 0 aromatic rings. The van der Waals surface area contributed by atoms with Gasteiger partial charge in [-0.2, -0.15) is 0 Å². The van der Waals surface area contributed by atoms with Crippen molar-refractivity contribution in [1.82, 2.24) is 4.90 Å². The molecular formula is C12H18N2O5. The Balaban J connectivity index is 2.06. The van der Waals surface area contributed by atoms with Gasteiger partial charge in [-0.3, -0.25) is 4.90 Å². The molecule has 2 aliphatic rings. The molecule has 0 saturated carbocycles. The Morgan fingerprint density at radius 3 is 2.79 bits per heavy atom. The second-order valence-corrected chi connectivity index (χ2v) is 4.33. The monoisotopic (exact) mass is 270 g/mol. The molecule has 0 radical (unpaired) electrons. The second kappa shape index (κ2) is 5.90. The van der Waals surface area contributed by atoms with Crippen LogP contribution < -0.4 is 0 Å². The molecule has 7 nitrogen and oxygen atoms in total. The number of carbonyl (C=O) groups is 2. The molecular weight excluding hydrogens is 252 g/mol. The molecule has 0 bridgehead atoms.